The van der Waals surface area contributed by atoms with Crippen molar-refractivity contribution in [2.75, 3.05) is 5.32 Å². The average molecular weight is 261 g/mol. The van der Waals surface area contributed by atoms with Crippen LogP contribution in [0.1, 0.15) is 39.0 Å². The smallest absolute Gasteiger partial charge is 0.138 e. The molecule has 2 aromatic rings. The molecule has 2 heterocycles. The van der Waals surface area contributed by atoms with Crippen molar-refractivity contribution in [3.63, 3.8) is 0 Å². The maximum atomic E-state index is 4.40. The molecule has 3 rings (SSSR count). The molecule has 0 radical (unpaired) electrons. The number of anilines is 1. The fraction of sp³-hybridized carbons (Fsp3) is 0.571. The second-order valence-electron chi connectivity index (χ2n) is 5.19. The van der Waals surface area contributed by atoms with Crippen LogP contribution in [0.5, 0.6) is 0 Å². The van der Waals surface area contributed by atoms with Crippen molar-refractivity contribution in [1.29, 1.82) is 0 Å². The number of thiophene rings is 1. The van der Waals surface area contributed by atoms with Crippen LogP contribution in [0.2, 0.25) is 0 Å². The third-order valence-corrected chi connectivity index (χ3v) is 4.80. The lowest BCUT2D eigenvalue weighted by Gasteiger charge is -2.28. The summed E-state index contributed by atoms with van der Waals surface area (Å²) >= 11 is 1.67. The fourth-order valence-electron chi connectivity index (χ4n) is 2.87. The molecule has 96 valence electrons. The average Bonchev–Trinajstić information content (AvgIpc) is 2.89. The molecular formula is C14H19N3S. The van der Waals surface area contributed by atoms with E-state index in [1.54, 1.807) is 17.7 Å². The lowest BCUT2D eigenvalue weighted by atomic mass is 9.84. The number of hydrogen-bond donors (Lipinski definition) is 1. The van der Waals surface area contributed by atoms with Gasteiger partial charge >= 0.3 is 0 Å². The van der Waals surface area contributed by atoms with Crippen LogP contribution in [0.25, 0.3) is 10.2 Å². The largest absolute Gasteiger partial charge is 0.367 e. The van der Waals surface area contributed by atoms with Gasteiger partial charge < -0.3 is 5.32 Å². The Morgan fingerprint density at radius 2 is 2.11 bits per heavy atom. The summed E-state index contributed by atoms with van der Waals surface area (Å²) in [6, 6.07) is 2.61. The molecule has 1 unspecified atom stereocenters. The zero-order chi connectivity index (χ0) is 12.4. The summed E-state index contributed by atoms with van der Waals surface area (Å²) in [6.07, 6.45) is 8.54. The zero-order valence-electron chi connectivity index (χ0n) is 10.7. The molecule has 18 heavy (non-hydrogen) atoms. The number of hydrogen-bond acceptors (Lipinski definition) is 4. The van der Waals surface area contributed by atoms with Gasteiger partial charge in [0.1, 0.15) is 17.0 Å². The Hall–Kier alpha value is -1.16. The van der Waals surface area contributed by atoms with Crippen molar-refractivity contribution >= 4 is 27.4 Å². The highest BCUT2D eigenvalue weighted by atomic mass is 32.1. The molecular weight excluding hydrogens is 242 g/mol. The third-order valence-electron chi connectivity index (χ3n) is 3.98. The van der Waals surface area contributed by atoms with Crippen molar-refractivity contribution in [3.05, 3.63) is 17.8 Å². The number of rotatable bonds is 3. The summed E-state index contributed by atoms with van der Waals surface area (Å²) < 4.78 is 0. The molecule has 0 aromatic carbocycles. The lowest BCUT2D eigenvalue weighted by molar-refractivity contribution is 0.328. The van der Waals surface area contributed by atoms with E-state index >= 15 is 0 Å². The monoisotopic (exact) mass is 261 g/mol. The van der Waals surface area contributed by atoms with Crippen LogP contribution in [-0.2, 0) is 0 Å². The van der Waals surface area contributed by atoms with E-state index < -0.39 is 0 Å². The van der Waals surface area contributed by atoms with Crippen LogP contribution in [0, 0.1) is 5.92 Å². The van der Waals surface area contributed by atoms with Crippen LogP contribution < -0.4 is 5.32 Å². The number of nitrogens with zero attached hydrogens (tertiary/aromatic N) is 2. The number of aromatic nitrogens is 2. The fourth-order valence-corrected chi connectivity index (χ4v) is 3.61. The molecule has 0 bridgehead atoms. The second-order valence-corrected chi connectivity index (χ2v) is 6.09. The van der Waals surface area contributed by atoms with Crippen LogP contribution >= 0.6 is 11.3 Å². The van der Waals surface area contributed by atoms with Crippen LogP contribution in [-0.4, -0.2) is 16.0 Å². The van der Waals surface area contributed by atoms with Crippen molar-refractivity contribution in [2.45, 2.75) is 45.1 Å². The molecule has 4 heteroatoms. The van der Waals surface area contributed by atoms with Gasteiger partial charge in [0.05, 0.1) is 5.39 Å². The lowest BCUT2D eigenvalue weighted by Crippen LogP contribution is -2.28. The Morgan fingerprint density at radius 1 is 1.28 bits per heavy atom. The van der Waals surface area contributed by atoms with Crippen LogP contribution in [0.3, 0.4) is 0 Å². The first kappa shape index (κ1) is 11.9. The minimum Gasteiger partial charge on any atom is -0.367 e. The van der Waals surface area contributed by atoms with Crippen molar-refractivity contribution in [3.8, 4) is 0 Å². The summed E-state index contributed by atoms with van der Waals surface area (Å²) in [6.45, 7) is 2.29. The third kappa shape index (κ3) is 2.34. The Balaban J connectivity index is 1.77. The first-order valence-electron chi connectivity index (χ1n) is 6.79. The molecule has 1 atom stereocenters. The van der Waals surface area contributed by atoms with Gasteiger partial charge in [0.2, 0.25) is 0 Å². The Morgan fingerprint density at radius 3 is 2.94 bits per heavy atom. The normalized spacial score (nSPS) is 18.9. The first-order valence-corrected chi connectivity index (χ1v) is 7.67. The maximum Gasteiger partial charge on any atom is 0.138 e. The summed E-state index contributed by atoms with van der Waals surface area (Å²) in [5.74, 6) is 1.79. The van der Waals surface area contributed by atoms with Gasteiger partial charge in [-0.1, -0.05) is 19.3 Å². The highest BCUT2D eigenvalue weighted by Gasteiger charge is 2.20. The molecule has 2 aromatic heterocycles. The standard InChI is InChI=1S/C14H19N3S/c1-10(11-5-3-2-4-6-11)17-13-12-7-8-18-14(12)16-9-15-13/h7-11H,2-6H2,1H3,(H,15,16,17). The predicted octanol–water partition coefficient (Wildman–Crippen LogP) is 4.07. The van der Waals surface area contributed by atoms with Gasteiger partial charge in [0, 0.05) is 6.04 Å². The van der Waals surface area contributed by atoms with E-state index in [0.717, 1.165) is 22.0 Å². The van der Waals surface area contributed by atoms with Gasteiger partial charge in [-0.25, -0.2) is 9.97 Å². The molecule has 3 nitrogen and oxygen atoms in total. The molecule has 0 spiro atoms. The molecule has 1 N–H and O–H groups in total. The summed E-state index contributed by atoms with van der Waals surface area (Å²) in [7, 11) is 0. The van der Waals surface area contributed by atoms with E-state index in [-0.39, 0.29) is 0 Å². The maximum absolute atomic E-state index is 4.40. The van der Waals surface area contributed by atoms with E-state index in [1.807, 2.05) is 0 Å². The molecule has 0 saturated heterocycles. The zero-order valence-corrected chi connectivity index (χ0v) is 11.5. The van der Waals surface area contributed by atoms with Crippen molar-refractivity contribution in [1.82, 2.24) is 9.97 Å². The molecule has 1 aliphatic rings. The minimum absolute atomic E-state index is 0.503. The second kappa shape index (κ2) is 5.22. The Bertz CT molecular complexity index is 516. The number of nitrogens with one attached hydrogen (secondary N) is 1. The molecule has 1 aliphatic carbocycles. The van der Waals surface area contributed by atoms with Gasteiger partial charge in [-0.05, 0) is 37.1 Å². The van der Waals surface area contributed by atoms with E-state index in [2.05, 4.69) is 33.7 Å². The Labute approximate surface area is 112 Å². The van der Waals surface area contributed by atoms with Crippen molar-refractivity contribution < 1.29 is 0 Å². The van der Waals surface area contributed by atoms with Gasteiger partial charge in [0.25, 0.3) is 0 Å². The summed E-state index contributed by atoms with van der Waals surface area (Å²) in [4.78, 5) is 9.76. The first-order chi connectivity index (χ1) is 8.84. The highest BCUT2D eigenvalue weighted by molar-refractivity contribution is 7.16. The van der Waals surface area contributed by atoms with Crippen LogP contribution in [0.15, 0.2) is 17.8 Å². The predicted molar refractivity (Wildman–Crippen MR) is 77.1 cm³/mol. The topological polar surface area (TPSA) is 37.8 Å². The van der Waals surface area contributed by atoms with Gasteiger partial charge in [-0.3, -0.25) is 0 Å². The summed E-state index contributed by atoms with van der Waals surface area (Å²) in [5, 5.41) is 6.83. The van der Waals surface area contributed by atoms with E-state index in [1.165, 1.54) is 32.1 Å². The van der Waals surface area contributed by atoms with Gasteiger partial charge in [-0.2, -0.15) is 0 Å². The SMILES string of the molecule is CC(Nc1ncnc2sccc12)C1CCCCC1. The van der Waals surface area contributed by atoms with Gasteiger partial charge in [-0.15, -0.1) is 11.3 Å². The molecule has 1 fully saturated rings. The summed E-state index contributed by atoms with van der Waals surface area (Å²) in [5.41, 5.74) is 0. The minimum atomic E-state index is 0.503. The molecule has 0 amide bonds. The van der Waals surface area contributed by atoms with E-state index in [9.17, 15) is 0 Å². The Kier molecular flexibility index (Phi) is 3.46. The molecule has 0 aliphatic heterocycles. The van der Waals surface area contributed by atoms with E-state index in [0.29, 0.717) is 6.04 Å². The molecule has 1 saturated carbocycles. The van der Waals surface area contributed by atoms with Gasteiger partial charge in [0.15, 0.2) is 0 Å². The highest BCUT2D eigenvalue weighted by Crippen LogP contribution is 2.30. The van der Waals surface area contributed by atoms with E-state index in [4.69, 9.17) is 0 Å². The van der Waals surface area contributed by atoms with Crippen LogP contribution in [0.4, 0.5) is 5.82 Å². The quantitative estimate of drug-likeness (QED) is 0.905. The number of fused-ring (bicyclic) bond motifs is 1. The van der Waals surface area contributed by atoms with Crippen molar-refractivity contribution in [2.24, 2.45) is 5.92 Å².